The first-order chi connectivity index (χ1) is 8.61. The number of aryl methyl sites for hydroxylation is 1. The number of hydrogen-bond donors (Lipinski definition) is 0. The van der Waals surface area contributed by atoms with Crippen LogP contribution in [0.1, 0.15) is 0 Å². The van der Waals surface area contributed by atoms with Crippen LogP contribution >= 0.6 is 11.3 Å². The van der Waals surface area contributed by atoms with E-state index < -0.39 is 0 Å². The first-order valence-electron chi connectivity index (χ1n) is 5.52. The van der Waals surface area contributed by atoms with Gasteiger partial charge in [0, 0.05) is 10.1 Å². The van der Waals surface area contributed by atoms with E-state index in [0.717, 1.165) is 19.5 Å². The zero-order valence-electron chi connectivity index (χ0n) is 10.0. The highest BCUT2D eigenvalue weighted by atomic mass is 32.1. The SMILES string of the molecule is Cn1c(=O)c2c3cccccc3sc2[n+](C)c1=O. The maximum Gasteiger partial charge on any atom is 0.501 e. The first kappa shape index (κ1) is 11.1. The molecule has 0 aliphatic carbocycles. The Morgan fingerprint density at radius 3 is 2.67 bits per heavy atom. The fourth-order valence-electron chi connectivity index (χ4n) is 2.11. The molecule has 3 rings (SSSR count). The maximum absolute atomic E-state index is 12.2. The Hall–Kier alpha value is -2.01. The van der Waals surface area contributed by atoms with Crippen molar-refractivity contribution in [3.63, 3.8) is 0 Å². The van der Waals surface area contributed by atoms with Crippen LogP contribution in [0.5, 0.6) is 0 Å². The van der Waals surface area contributed by atoms with E-state index in [9.17, 15) is 9.59 Å². The van der Waals surface area contributed by atoms with Gasteiger partial charge in [-0.1, -0.05) is 35.6 Å². The van der Waals surface area contributed by atoms with E-state index in [-0.39, 0.29) is 11.2 Å². The molecule has 2 aromatic heterocycles. The number of aromatic nitrogens is 2. The van der Waals surface area contributed by atoms with Crippen LogP contribution in [0.15, 0.2) is 39.9 Å². The van der Waals surface area contributed by atoms with Crippen LogP contribution in [0.3, 0.4) is 0 Å². The molecule has 2 heterocycles. The lowest BCUT2D eigenvalue weighted by atomic mass is 10.2. The summed E-state index contributed by atoms with van der Waals surface area (Å²) in [4.78, 5) is 24.8. The lowest BCUT2D eigenvalue weighted by Crippen LogP contribution is -2.54. The van der Waals surface area contributed by atoms with Crippen molar-refractivity contribution in [3.05, 3.63) is 51.2 Å². The van der Waals surface area contributed by atoms with Crippen molar-refractivity contribution in [1.29, 1.82) is 0 Å². The minimum Gasteiger partial charge on any atom is -0.240 e. The van der Waals surface area contributed by atoms with E-state index in [1.165, 1.54) is 23.0 Å². The van der Waals surface area contributed by atoms with Gasteiger partial charge in [0.25, 0.3) is 0 Å². The standard InChI is InChI=1S/C13H11N2O2S/c1-14-11(16)10-8-6-4-3-5-7-9(8)18-12(10)15(2)13(14)17/h3-7H,1-2H3/q+1. The third-order valence-electron chi connectivity index (χ3n) is 3.09. The molecule has 0 saturated carbocycles. The summed E-state index contributed by atoms with van der Waals surface area (Å²) in [5.41, 5.74) is -0.519. The molecule has 0 aliphatic rings. The second-order valence-corrected chi connectivity index (χ2v) is 5.21. The second kappa shape index (κ2) is 3.74. The zero-order valence-corrected chi connectivity index (χ0v) is 10.8. The van der Waals surface area contributed by atoms with Crippen LogP contribution in [0.4, 0.5) is 0 Å². The minimum absolute atomic E-state index is 0.231. The summed E-state index contributed by atoms with van der Waals surface area (Å²) in [7, 11) is 3.20. The van der Waals surface area contributed by atoms with E-state index in [1.807, 2.05) is 30.3 Å². The summed E-state index contributed by atoms with van der Waals surface area (Å²) in [6, 6.07) is 9.63. The number of nitrogens with zero attached hydrogens (tertiary/aromatic N) is 2. The molecule has 0 atom stereocenters. The Morgan fingerprint density at radius 1 is 1.17 bits per heavy atom. The molecule has 0 saturated heterocycles. The van der Waals surface area contributed by atoms with Gasteiger partial charge in [0.05, 0.1) is 14.1 Å². The maximum atomic E-state index is 12.2. The summed E-state index contributed by atoms with van der Waals surface area (Å²) in [6.45, 7) is 0. The molecular weight excluding hydrogens is 248 g/mol. The average molecular weight is 259 g/mol. The number of rotatable bonds is 0. The Balaban J connectivity index is 2.76. The summed E-state index contributed by atoms with van der Waals surface area (Å²) < 4.78 is 3.69. The quantitative estimate of drug-likeness (QED) is 0.564. The van der Waals surface area contributed by atoms with Gasteiger partial charge in [0.15, 0.2) is 0 Å². The van der Waals surface area contributed by atoms with Crippen molar-refractivity contribution in [2.45, 2.75) is 0 Å². The van der Waals surface area contributed by atoms with E-state index in [2.05, 4.69) is 0 Å². The van der Waals surface area contributed by atoms with Gasteiger partial charge in [0.2, 0.25) is 4.83 Å². The Kier molecular flexibility index (Phi) is 2.31. The van der Waals surface area contributed by atoms with E-state index in [4.69, 9.17) is 0 Å². The third-order valence-corrected chi connectivity index (χ3v) is 4.33. The molecule has 3 aromatic rings. The molecule has 0 N–H and O–H groups in total. The number of thiophene rings is 1. The van der Waals surface area contributed by atoms with E-state index >= 15 is 0 Å². The lowest BCUT2D eigenvalue weighted by molar-refractivity contribution is -0.662. The van der Waals surface area contributed by atoms with Gasteiger partial charge >= 0.3 is 11.2 Å². The van der Waals surface area contributed by atoms with Crippen molar-refractivity contribution >= 4 is 31.6 Å². The molecule has 0 radical (unpaired) electrons. The highest BCUT2D eigenvalue weighted by Gasteiger charge is 2.20. The van der Waals surface area contributed by atoms with E-state index in [0.29, 0.717) is 5.39 Å². The molecule has 4 nitrogen and oxygen atoms in total. The van der Waals surface area contributed by atoms with E-state index in [1.54, 1.807) is 7.05 Å². The Labute approximate surface area is 106 Å². The van der Waals surface area contributed by atoms with Crippen LogP contribution in [-0.2, 0) is 14.1 Å². The highest BCUT2D eigenvalue weighted by molar-refractivity contribution is 7.25. The van der Waals surface area contributed by atoms with Crippen LogP contribution < -0.4 is 15.8 Å². The molecule has 90 valence electrons. The predicted molar refractivity (Wildman–Crippen MR) is 72.0 cm³/mol. The monoisotopic (exact) mass is 259 g/mol. The molecule has 0 spiro atoms. The summed E-state index contributed by atoms with van der Waals surface area (Å²) in [6.07, 6.45) is 0. The van der Waals surface area contributed by atoms with Gasteiger partial charge in [0.1, 0.15) is 5.39 Å². The molecular formula is C13H11N2O2S+. The topological polar surface area (TPSA) is 43.0 Å². The molecule has 0 unspecified atom stereocenters. The van der Waals surface area contributed by atoms with Crippen LogP contribution in [0, 0.1) is 0 Å². The molecule has 0 amide bonds. The fraction of sp³-hybridized carbons (Fsp3) is 0.154. The molecule has 1 aromatic carbocycles. The largest absolute Gasteiger partial charge is 0.501 e. The number of hydrogen-bond acceptors (Lipinski definition) is 3. The van der Waals surface area contributed by atoms with Crippen molar-refractivity contribution in [3.8, 4) is 0 Å². The van der Waals surface area contributed by atoms with Crippen LogP contribution in [0.25, 0.3) is 20.3 Å². The summed E-state index contributed by atoms with van der Waals surface area (Å²) in [5.74, 6) is 0. The smallest absolute Gasteiger partial charge is 0.240 e. The van der Waals surface area contributed by atoms with Gasteiger partial charge < -0.3 is 0 Å². The fourth-order valence-corrected chi connectivity index (χ4v) is 3.26. The van der Waals surface area contributed by atoms with Crippen molar-refractivity contribution < 1.29 is 4.57 Å². The van der Waals surface area contributed by atoms with Gasteiger partial charge in [-0.25, -0.2) is 4.79 Å². The Bertz CT molecular complexity index is 893. The summed E-state index contributed by atoms with van der Waals surface area (Å²) >= 11 is 1.47. The number of fused-ring (bicyclic) bond motifs is 3. The molecule has 0 bridgehead atoms. The van der Waals surface area contributed by atoms with Gasteiger partial charge in [-0.05, 0) is 6.07 Å². The van der Waals surface area contributed by atoms with Gasteiger partial charge in [-0.3, -0.25) is 0 Å². The highest BCUT2D eigenvalue weighted by Crippen LogP contribution is 2.27. The zero-order chi connectivity index (χ0) is 12.9. The van der Waals surface area contributed by atoms with Crippen molar-refractivity contribution in [1.82, 2.24) is 4.57 Å². The summed E-state index contributed by atoms with van der Waals surface area (Å²) in [5, 5.41) is 1.52. The second-order valence-electron chi connectivity index (χ2n) is 4.18. The normalized spacial score (nSPS) is 11.2. The van der Waals surface area contributed by atoms with Gasteiger partial charge in [-0.2, -0.15) is 13.9 Å². The molecule has 0 aliphatic heterocycles. The van der Waals surface area contributed by atoms with Crippen molar-refractivity contribution in [2.75, 3.05) is 0 Å². The molecule has 5 heteroatoms. The molecule has 18 heavy (non-hydrogen) atoms. The lowest BCUT2D eigenvalue weighted by Gasteiger charge is -1.93. The third kappa shape index (κ3) is 1.34. The Morgan fingerprint density at radius 2 is 1.89 bits per heavy atom. The van der Waals surface area contributed by atoms with Gasteiger partial charge in [-0.15, -0.1) is 0 Å². The van der Waals surface area contributed by atoms with Crippen LogP contribution in [-0.4, -0.2) is 4.57 Å². The minimum atomic E-state index is -0.288. The average Bonchev–Trinajstić information content (AvgIpc) is 2.57. The van der Waals surface area contributed by atoms with Crippen LogP contribution in [0.2, 0.25) is 0 Å². The first-order valence-corrected chi connectivity index (χ1v) is 6.33. The molecule has 0 fully saturated rings. The predicted octanol–water partition coefficient (Wildman–Crippen LogP) is 0.938. The van der Waals surface area contributed by atoms with Crippen molar-refractivity contribution in [2.24, 2.45) is 14.1 Å².